The molecule has 0 heterocycles. The van der Waals surface area contributed by atoms with Crippen LogP contribution in [0.2, 0.25) is 0 Å². The van der Waals surface area contributed by atoms with E-state index in [0.717, 1.165) is 23.0 Å². The Morgan fingerprint density at radius 1 is 1.31 bits per heavy atom. The van der Waals surface area contributed by atoms with Gasteiger partial charge in [0.1, 0.15) is 5.82 Å². The van der Waals surface area contributed by atoms with E-state index in [0.29, 0.717) is 5.92 Å². The van der Waals surface area contributed by atoms with E-state index >= 15 is 0 Å². The maximum absolute atomic E-state index is 13.3. The van der Waals surface area contributed by atoms with Crippen molar-refractivity contribution in [3.8, 4) is 0 Å². The smallest absolute Gasteiger partial charge is 0.124 e. The third-order valence-electron chi connectivity index (χ3n) is 2.88. The Morgan fingerprint density at radius 2 is 2.00 bits per heavy atom. The van der Waals surface area contributed by atoms with Crippen LogP contribution in [-0.4, -0.2) is 6.54 Å². The van der Waals surface area contributed by atoms with E-state index in [4.69, 9.17) is 0 Å². The van der Waals surface area contributed by atoms with Crippen LogP contribution in [0.5, 0.6) is 0 Å². The van der Waals surface area contributed by atoms with Crippen molar-refractivity contribution >= 4 is 15.9 Å². The first-order valence-electron chi connectivity index (χ1n) is 5.77. The molecule has 90 valence electrons. The SMILES string of the molecule is CCNC(c1cc(F)cc(Br)c1)C(C)CC. The first-order chi connectivity index (χ1) is 7.58. The molecule has 3 heteroatoms. The average molecular weight is 288 g/mol. The highest BCUT2D eigenvalue weighted by Crippen LogP contribution is 2.27. The molecule has 1 nitrogen and oxygen atoms in total. The van der Waals surface area contributed by atoms with Crippen LogP contribution in [0.3, 0.4) is 0 Å². The number of halogens is 2. The lowest BCUT2D eigenvalue weighted by Gasteiger charge is -2.24. The topological polar surface area (TPSA) is 12.0 Å². The lowest BCUT2D eigenvalue weighted by Crippen LogP contribution is -2.26. The Kier molecular flexibility index (Phi) is 5.42. The van der Waals surface area contributed by atoms with Gasteiger partial charge in [-0.05, 0) is 36.2 Å². The van der Waals surface area contributed by atoms with Crippen LogP contribution < -0.4 is 5.32 Å². The van der Waals surface area contributed by atoms with Gasteiger partial charge in [0, 0.05) is 10.5 Å². The van der Waals surface area contributed by atoms with Gasteiger partial charge in [0.15, 0.2) is 0 Å². The summed E-state index contributed by atoms with van der Waals surface area (Å²) in [5, 5.41) is 3.42. The van der Waals surface area contributed by atoms with Gasteiger partial charge in [-0.25, -0.2) is 4.39 Å². The van der Waals surface area contributed by atoms with Crippen LogP contribution >= 0.6 is 15.9 Å². The van der Waals surface area contributed by atoms with Crippen LogP contribution in [0, 0.1) is 11.7 Å². The summed E-state index contributed by atoms with van der Waals surface area (Å²) in [4.78, 5) is 0. The molecule has 0 fully saturated rings. The van der Waals surface area contributed by atoms with Crippen LogP contribution in [-0.2, 0) is 0 Å². The van der Waals surface area contributed by atoms with Crippen LogP contribution in [0.25, 0.3) is 0 Å². The van der Waals surface area contributed by atoms with E-state index in [2.05, 4.69) is 42.0 Å². The third-order valence-corrected chi connectivity index (χ3v) is 3.34. The van der Waals surface area contributed by atoms with Crippen LogP contribution in [0.15, 0.2) is 22.7 Å². The van der Waals surface area contributed by atoms with Gasteiger partial charge < -0.3 is 5.32 Å². The lowest BCUT2D eigenvalue weighted by atomic mass is 9.92. The zero-order valence-corrected chi connectivity index (χ0v) is 11.6. The summed E-state index contributed by atoms with van der Waals surface area (Å²) in [7, 11) is 0. The van der Waals surface area contributed by atoms with E-state index in [1.165, 1.54) is 6.07 Å². The molecule has 0 aromatic heterocycles. The zero-order valence-electron chi connectivity index (χ0n) is 10.1. The van der Waals surface area contributed by atoms with E-state index < -0.39 is 0 Å². The molecule has 0 bridgehead atoms. The van der Waals surface area contributed by atoms with Crippen LogP contribution in [0.1, 0.15) is 38.8 Å². The lowest BCUT2D eigenvalue weighted by molar-refractivity contribution is 0.382. The summed E-state index contributed by atoms with van der Waals surface area (Å²) in [5.41, 5.74) is 1.02. The fourth-order valence-corrected chi connectivity index (χ4v) is 2.34. The van der Waals surface area contributed by atoms with Gasteiger partial charge in [-0.2, -0.15) is 0 Å². The molecule has 1 aromatic rings. The largest absolute Gasteiger partial charge is 0.310 e. The molecule has 0 saturated carbocycles. The third kappa shape index (κ3) is 3.56. The molecule has 0 aliphatic heterocycles. The minimum Gasteiger partial charge on any atom is -0.310 e. The summed E-state index contributed by atoms with van der Waals surface area (Å²) < 4.78 is 14.1. The van der Waals surface area contributed by atoms with Gasteiger partial charge >= 0.3 is 0 Å². The molecule has 0 saturated heterocycles. The Labute approximate surface area is 106 Å². The highest BCUT2D eigenvalue weighted by molar-refractivity contribution is 9.10. The molecule has 16 heavy (non-hydrogen) atoms. The van der Waals surface area contributed by atoms with E-state index in [-0.39, 0.29) is 11.9 Å². The molecule has 2 unspecified atom stereocenters. The molecule has 0 aliphatic carbocycles. The molecule has 1 aromatic carbocycles. The second-order valence-electron chi connectivity index (χ2n) is 4.12. The van der Waals surface area contributed by atoms with Crippen molar-refractivity contribution in [1.82, 2.24) is 5.32 Å². The van der Waals surface area contributed by atoms with Crippen LogP contribution in [0.4, 0.5) is 4.39 Å². The Morgan fingerprint density at radius 3 is 2.50 bits per heavy atom. The van der Waals surface area contributed by atoms with Crippen molar-refractivity contribution in [2.75, 3.05) is 6.54 Å². The molecule has 0 aliphatic rings. The van der Waals surface area contributed by atoms with Crippen molar-refractivity contribution in [3.63, 3.8) is 0 Å². The average Bonchev–Trinajstić information content (AvgIpc) is 2.23. The summed E-state index contributed by atoms with van der Waals surface area (Å²) >= 11 is 3.34. The molecular formula is C13H19BrFN. The fraction of sp³-hybridized carbons (Fsp3) is 0.538. The van der Waals surface area contributed by atoms with Crippen molar-refractivity contribution in [2.45, 2.75) is 33.2 Å². The van der Waals surface area contributed by atoms with Gasteiger partial charge in [0.2, 0.25) is 0 Å². The predicted octanol–water partition coefficient (Wildman–Crippen LogP) is 4.28. The van der Waals surface area contributed by atoms with E-state index in [1.807, 2.05) is 6.07 Å². The standard InChI is InChI=1S/C13H19BrFN/c1-4-9(3)13(16-5-2)10-6-11(14)8-12(15)7-10/h6-9,13,16H,4-5H2,1-3H3. The van der Waals surface area contributed by atoms with Gasteiger partial charge in [-0.1, -0.05) is 43.1 Å². The molecule has 0 amide bonds. The normalized spacial score (nSPS) is 14.8. The van der Waals surface area contributed by atoms with Gasteiger partial charge in [0.05, 0.1) is 0 Å². The van der Waals surface area contributed by atoms with Gasteiger partial charge in [-0.3, -0.25) is 0 Å². The minimum atomic E-state index is -0.185. The summed E-state index contributed by atoms with van der Waals surface area (Å²) in [6.45, 7) is 7.31. The Bertz CT molecular complexity index is 320. The number of hydrogen-bond acceptors (Lipinski definition) is 1. The number of rotatable bonds is 5. The second-order valence-corrected chi connectivity index (χ2v) is 5.04. The molecule has 0 spiro atoms. The van der Waals surface area contributed by atoms with Crippen molar-refractivity contribution in [3.05, 3.63) is 34.1 Å². The molecule has 2 atom stereocenters. The molecule has 0 radical (unpaired) electrons. The minimum absolute atomic E-state index is 0.185. The highest BCUT2D eigenvalue weighted by atomic mass is 79.9. The maximum Gasteiger partial charge on any atom is 0.124 e. The quantitative estimate of drug-likeness (QED) is 0.852. The predicted molar refractivity (Wildman–Crippen MR) is 70.0 cm³/mol. The Hall–Kier alpha value is -0.410. The fourth-order valence-electron chi connectivity index (χ4n) is 1.86. The first-order valence-corrected chi connectivity index (χ1v) is 6.57. The number of nitrogens with one attached hydrogen (secondary N) is 1. The second kappa shape index (κ2) is 6.36. The van der Waals surface area contributed by atoms with Gasteiger partial charge in [0.25, 0.3) is 0 Å². The zero-order chi connectivity index (χ0) is 12.1. The van der Waals surface area contributed by atoms with Crippen molar-refractivity contribution < 1.29 is 4.39 Å². The monoisotopic (exact) mass is 287 g/mol. The first kappa shape index (κ1) is 13.7. The Balaban J connectivity index is 3.00. The molecule has 1 N–H and O–H groups in total. The highest BCUT2D eigenvalue weighted by Gasteiger charge is 2.17. The van der Waals surface area contributed by atoms with E-state index in [1.54, 1.807) is 6.07 Å². The van der Waals surface area contributed by atoms with E-state index in [9.17, 15) is 4.39 Å². The van der Waals surface area contributed by atoms with Crippen molar-refractivity contribution in [2.24, 2.45) is 5.92 Å². The van der Waals surface area contributed by atoms with Gasteiger partial charge in [-0.15, -0.1) is 0 Å². The number of hydrogen-bond donors (Lipinski definition) is 1. The maximum atomic E-state index is 13.3. The number of benzene rings is 1. The van der Waals surface area contributed by atoms with Crippen molar-refractivity contribution in [1.29, 1.82) is 0 Å². The summed E-state index contributed by atoms with van der Waals surface area (Å²) in [6.07, 6.45) is 1.08. The summed E-state index contributed by atoms with van der Waals surface area (Å²) in [6, 6.07) is 5.32. The molecular weight excluding hydrogens is 269 g/mol. The molecule has 1 rings (SSSR count). The summed E-state index contributed by atoms with van der Waals surface area (Å²) in [5.74, 6) is 0.309.